The maximum absolute atomic E-state index is 13.4. The first-order chi connectivity index (χ1) is 12.3. The highest BCUT2D eigenvalue weighted by Crippen LogP contribution is 2.27. The van der Waals surface area contributed by atoms with Crippen molar-refractivity contribution in [2.45, 2.75) is 6.92 Å². The molecule has 132 valence electrons. The second-order valence-electron chi connectivity index (χ2n) is 5.37. The van der Waals surface area contributed by atoms with Gasteiger partial charge < -0.3 is 4.42 Å². The van der Waals surface area contributed by atoms with E-state index in [1.54, 1.807) is 12.1 Å². The van der Waals surface area contributed by atoms with E-state index in [1.165, 1.54) is 37.3 Å². The lowest BCUT2D eigenvalue weighted by atomic mass is 10.1. The third kappa shape index (κ3) is 3.92. The molecule has 1 N–H and O–H groups in total. The van der Waals surface area contributed by atoms with E-state index < -0.39 is 17.6 Å². The fraction of sp³-hybridized carbons (Fsp3) is 0.0556. The molecule has 1 heterocycles. The molecule has 0 saturated carbocycles. The van der Waals surface area contributed by atoms with Crippen LogP contribution in [0, 0.1) is 5.82 Å². The van der Waals surface area contributed by atoms with Crippen molar-refractivity contribution in [3.63, 3.8) is 0 Å². The fourth-order valence-corrected chi connectivity index (χ4v) is 2.85. The van der Waals surface area contributed by atoms with E-state index >= 15 is 0 Å². The molecule has 0 spiro atoms. The van der Waals surface area contributed by atoms with E-state index in [-0.39, 0.29) is 27.4 Å². The number of nitrogens with zero attached hydrogens (tertiary/aromatic N) is 1. The van der Waals surface area contributed by atoms with Gasteiger partial charge in [0.25, 0.3) is 5.91 Å². The molecule has 0 aliphatic heterocycles. The number of amides is 2. The number of hydrogen-bond acceptors (Lipinski definition) is 4. The summed E-state index contributed by atoms with van der Waals surface area (Å²) in [7, 11) is 0. The van der Waals surface area contributed by atoms with Crippen LogP contribution in [0.3, 0.4) is 0 Å². The Morgan fingerprint density at radius 3 is 2.62 bits per heavy atom. The summed E-state index contributed by atoms with van der Waals surface area (Å²) < 4.78 is 19.1. The van der Waals surface area contributed by atoms with Crippen LogP contribution in [0.2, 0.25) is 10.0 Å². The summed E-state index contributed by atoms with van der Waals surface area (Å²) in [5.74, 6) is -1.75. The molecule has 0 bridgehead atoms. The molecular formula is C18H11Cl2FN2O3. The van der Waals surface area contributed by atoms with Crippen molar-refractivity contribution in [3.05, 3.63) is 69.4 Å². The number of nitrogens with one attached hydrogen (secondary N) is 1. The van der Waals surface area contributed by atoms with Gasteiger partial charge in [-0.05, 0) is 36.4 Å². The zero-order chi connectivity index (χ0) is 18.8. The van der Waals surface area contributed by atoms with Gasteiger partial charge in [-0.15, -0.1) is 0 Å². The molecule has 0 unspecified atom stereocenters. The predicted molar refractivity (Wildman–Crippen MR) is 96.0 cm³/mol. The van der Waals surface area contributed by atoms with Crippen LogP contribution in [0.25, 0.3) is 11.0 Å². The molecule has 0 radical (unpaired) electrons. The molecule has 2 aromatic carbocycles. The molecule has 8 heteroatoms. The number of imide groups is 1. The van der Waals surface area contributed by atoms with E-state index in [0.717, 1.165) is 0 Å². The second-order valence-corrected chi connectivity index (χ2v) is 6.22. The van der Waals surface area contributed by atoms with Crippen LogP contribution in [0.15, 0.2) is 51.9 Å². The highest BCUT2D eigenvalue weighted by atomic mass is 35.5. The molecule has 2 amide bonds. The minimum absolute atomic E-state index is 0.0182. The Kier molecular flexibility index (Phi) is 5.06. The summed E-state index contributed by atoms with van der Waals surface area (Å²) in [6.07, 6.45) is 0. The van der Waals surface area contributed by atoms with Crippen LogP contribution >= 0.6 is 23.2 Å². The monoisotopic (exact) mass is 392 g/mol. The van der Waals surface area contributed by atoms with Gasteiger partial charge in [0.15, 0.2) is 5.58 Å². The zero-order valence-corrected chi connectivity index (χ0v) is 14.9. The van der Waals surface area contributed by atoms with Gasteiger partial charge in [0.2, 0.25) is 11.5 Å². The SMILES string of the molecule is CC(=O)NC(=O)c1cc2cc(Cl)cc(Cl)c2oc1=Nc1cccc(F)c1. The highest BCUT2D eigenvalue weighted by Gasteiger charge is 2.15. The Bertz CT molecular complexity index is 1110. The van der Waals surface area contributed by atoms with Crippen molar-refractivity contribution < 1.29 is 18.4 Å². The van der Waals surface area contributed by atoms with Gasteiger partial charge >= 0.3 is 0 Å². The molecule has 0 saturated heterocycles. The molecule has 26 heavy (non-hydrogen) atoms. The first-order valence-corrected chi connectivity index (χ1v) is 8.14. The van der Waals surface area contributed by atoms with E-state index in [2.05, 4.69) is 10.3 Å². The topological polar surface area (TPSA) is 71.7 Å². The molecule has 3 rings (SSSR count). The van der Waals surface area contributed by atoms with Crippen LogP contribution in [-0.2, 0) is 4.79 Å². The van der Waals surface area contributed by atoms with Gasteiger partial charge in [0.1, 0.15) is 11.4 Å². The van der Waals surface area contributed by atoms with Crippen LogP contribution < -0.4 is 10.9 Å². The Morgan fingerprint density at radius 2 is 1.92 bits per heavy atom. The lowest BCUT2D eigenvalue weighted by Gasteiger charge is -2.06. The normalized spacial score (nSPS) is 11.6. The van der Waals surface area contributed by atoms with Gasteiger partial charge in [0.05, 0.1) is 10.7 Å². The van der Waals surface area contributed by atoms with Crippen LogP contribution in [-0.4, -0.2) is 11.8 Å². The molecule has 0 fully saturated rings. The Hall–Kier alpha value is -2.70. The third-order valence-corrected chi connectivity index (χ3v) is 3.84. The maximum atomic E-state index is 13.4. The summed E-state index contributed by atoms with van der Waals surface area (Å²) in [5.41, 5.74) is 0.349. The number of fused-ring (bicyclic) bond motifs is 1. The standard InChI is InChI=1S/C18H11Cl2FN2O3/c1-9(24)22-17(25)14-6-10-5-11(19)7-15(20)16(10)26-18(14)23-13-4-2-3-12(21)8-13/h2-8H,1H3,(H,22,24,25). The summed E-state index contributed by atoms with van der Waals surface area (Å²) in [5, 5.41) is 3.18. The quantitative estimate of drug-likeness (QED) is 0.702. The second kappa shape index (κ2) is 7.27. The fourth-order valence-electron chi connectivity index (χ4n) is 2.30. The van der Waals surface area contributed by atoms with Gasteiger partial charge in [-0.25, -0.2) is 9.38 Å². The van der Waals surface area contributed by atoms with Crippen LogP contribution in [0.4, 0.5) is 10.1 Å². The summed E-state index contributed by atoms with van der Waals surface area (Å²) in [4.78, 5) is 27.8. The first kappa shape index (κ1) is 18.1. The lowest BCUT2D eigenvalue weighted by molar-refractivity contribution is -0.118. The molecule has 3 aromatic rings. The van der Waals surface area contributed by atoms with Crippen molar-refractivity contribution in [2.75, 3.05) is 0 Å². The van der Waals surface area contributed by atoms with Crippen molar-refractivity contribution in [1.29, 1.82) is 0 Å². The maximum Gasteiger partial charge on any atom is 0.263 e. The summed E-state index contributed by atoms with van der Waals surface area (Å²) >= 11 is 12.1. The van der Waals surface area contributed by atoms with Crippen molar-refractivity contribution in [1.82, 2.24) is 5.32 Å². The number of carbonyl (C=O) groups excluding carboxylic acids is 2. The first-order valence-electron chi connectivity index (χ1n) is 7.38. The van der Waals surface area contributed by atoms with E-state index in [1.807, 2.05) is 0 Å². The zero-order valence-electron chi connectivity index (χ0n) is 13.3. The summed E-state index contributed by atoms with van der Waals surface area (Å²) in [6, 6.07) is 9.94. The smallest absolute Gasteiger partial charge is 0.263 e. The van der Waals surface area contributed by atoms with E-state index in [0.29, 0.717) is 10.4 Å². The third-order valence-electron chi connectivity index (χ3n) is 3.34. The predicted octanol–water partition coefficient (Wildman–Crippen LogP) is 4.39. The Balaban J connectivity index is 2.30. The van der Waals surface area contributed by atoms with Crippen LogP contribution in [0.5, 0.6) is 0 Å². The highest BCUT2D eigenvalue weighted by molar-refractivity contribution is 6.38. The average molecular weight is 393 g/mol. The summed E-state index contributed by atoms with van der Waals surface area (Å²) in [6.45, 7) is 1.20. The van der Waals surface area contributed by atoms with Gasteiger partial charge in [-0.3, -0.25) is 14.9 Å². The molecule has 0 aliphatic rings. The van der Waals surface area contributed by atoms with Crippen LogP contribution in [0.1, 0.15) is 17.3 Å². The number of hydrogen-bond donors (Lipinski definition) is 1. The van der Waals surface area contributed by atoms with Crippen molar-refractivity contribution >= 4 is 51.7 Å². The van der Waals surface area contributed by atoms with Gasteiger partial charge in [0, 0.05) is 17.3 Å². The van der Waals surface area contributed by atoms with Gasteiger partial charge in [-0.2, -0.15) is 0 Å². The Morgan fingerprint density at radius 1 is 1.15 bits per heavy atom. The number of rotatable bonds is 2. The Labute approximate surface area is 157 Å². The lowest BCUT2D eigenvalue weighted by Crippen LogP contribution is -2.32. The van der Waals surface area contributed by atoms with E-state index in [4.69, 9.17) is 27.6 Å². The number of benzene rings is 2. The number of halogens is 3. The molecule has 1 aromatic heterocycles. The van der Waals surface area contributed by atoms with Crippen molar-refractivity contribution in [3.8, 4) is 0 Å². The molecule has 0 atom stereocenters. The minimum Gasteiger partial charge on any atom is -0.436 e. The van der Waals surface area contributed by atoms with E-state index in [9.17, 15) is 14.0 Å². The average Bonchev–Trinajstić information content (AvgIpc) is 2.54. The van der Waals surface area contributed by atoms with Gasteiger partial charge in [-0.1, -0.05) is 29.3 Å². The molecule has 0 aliphatic carbocycles. The largest absolute Gasteiger partial charge is 0.436 e. The van der Waals surface area contributed by atoms with Crippen molar-refractivity contribution in [2.24, 2.45) is 4.99 Å². The molecule has 5 nitrogen and oxygen atoms in total. The number of carbonyl (C=O) groups is 2. The minimum atomic E-state index is -0.714. The molecular weight excluding hydrogens is 382 g/mol.